The van der Waals surface area contributed by atoms with Crippen LogP contribution >= 0.6 is 0 Å². The largest absolute Gasteiger partial charge is 0.378 e. The lowest BCUT2D eigenvalue weighted by Gasteiger charge is -2.37. The molecule has 0 amide bonds. The van der Waals surface area contributed by atoms with Crippen molar-refractivity contribution in [1.29, 1.82) is 0 Å². The number of nitrogens with zero attached hydrogens (tertiary/aromatic N) is 1. The van der Waals surface area contributed by atoms with E-state index in [4.69, 9.17) is 4.74 Å². The molecule has 1 aromatic rings. The van der Waals surface area contributed by atoms with Gasteiger partial charge in [0.15, 0.2) is 0 Å². The second-order valence-electron chi connectivity index (χ2n) is 5.94. The number of rotatable bonds is 8. The molecule has 1 atom stereocenters. The third-order valence-electron chi connectivity index (χ3n) is 4.13. The zero-order valence-corrected chi connectivity index (χ0v) is 13.1. The minimum absolute atomic E-state index is 0.518. The molecule has 1 heterocycles. The highest BCUT2D eigenvalue weighted by Gasteiger charge is 2.31. The molecule has 0 spiro atoms. The summed E-state index contributed by atoms with van der Waals surface area (Å²) in [6.45, 7) is 8.22. The summed E-state index contributed by atoms with van der Waals surface area (Å²) in [6, 6.07) is 4.85. The van der Waals surface area contributed by atoms with Crippen molar-refractivity contribution in [2.24, 2.45) is 5.92 Å². The molecular formula is C17H28N2O. The van der Waals surface area contributed by atoms with Gasteiger partial charge in [-0.15, -0.1) is 0 Å². The maximum absolute atomic E-state index is 5.65. The number of aromatic nitrogens is 1. The highest BCUT2D eigenvalue weighted by atomic mass is 16.5. The van der Waals surface area contributed by atoms with E-state index in [9.17, 15) is 0 Å². The van der Waals surface area contributed by atoms with Gasteiger partial charge in [-0.1, -0.05) is 13.0 Å². The molecule has 0 radical (unpaired) electrons. The summed E-state index contributed by atoms with van der Waals surface area (Å²) in [7, 11) is 0. The number of likely N-dealkylation sites (N-methyl/N-ethyl adjacent to an activating group) is 1. The van der Waals surface area contributed by atoms with Gasteiger partial charge in [-0.25, -0.2) is 0 Å². The fourth-order valence-electron chi connectivity index (χ4n) is 3.04. The predicted molar refractivity (Wildman–Crippen MR) is 82.9 cm³/mol. The standard InChI is InChI=1S/C17H28N2O/c1-4-18-16(8-14-9-17(10-14)20-5-2)11-15-7-6-13(3)12-19-15/h6-7,12,14,16-18H,4-5,8-11H2,1-3H3. The van der Waals surface area contributed by atoms with E-state index in [2.05, 4.69) is 43.2 Å². The second-order valence-corrected chi connectivity index (χ2v) is 5.94. The third-order valence-corrected chi connectivity index (χ3v) is 4.13. The first-order valence-electron chi connectivity index (χ1n) is 7.97. The molecule has 1 N–H and O–H groups in total. The van der Waals surface area contributed by atoms with E-state index in [1.54, 1.807) is 0 Å². The van der Waals surface area contributed by atoms with Gasteiger partial charge in [0.1, 0.15) is 0 Å². The van der Waals surface area contributed by atoms with Crippen molar-refractivity contribution in [3.8, 4) is 0 Å². The molecule has 0 aliphatic heterocycles. The van der Waals surface area contributed by atoms with E-state index in [0.29, 0.717) is 12.1 Å². The summed E-state index contributed by atoms with van der Waals surface area (Å²) in [5.41, 5.74) is 2.43. The van der Waals surface area contributed by atoms with E-state index in [0.717, 1.165) is 25.5 Å². The van der Waals surface area contributed by atoms with Crippen LogP contribution in [0.5, 0.6) is 0 Å². The average Bonchev–Trinajstić information content (AvgIpc) is 2.39. The van der Waals surface area contributed by atoms with Crippen LogP contribution in [0.25, 0.3) is 0 Å². The highest BCUT2D eigenvalue weighted by molar-refractivity contribution is 5.13. The summed E-state index contributed by atoms with van der Waals surface area (Å²) < 4.78 is 5.65. The van der Waals surface area contributed by atoms with Crippen molar-refractivity contribution in [2.75, 3.05) is 13.2 Å². The van der Waals surface area contributed by atoms with E-state index >= 15 is 0 Å². The summed E-state index contributed by atoms with van der Waals surface area (Å²) in [5.74, 6) is 0.820. The van der Waals surface area contributed by atoms with Gasteiger partial charge in [0.05, 0.1) is 6.10 Å². The second kappa shape index (κ2) is 7.75. The normalized spacial score (nSPS) is 23.4. The highest BCUT2D eigenvalue weighted by Crippen LogP contribution is 2.34. The zero-order chi connectivity index (χ0) is 14.4. The summed E-state index contributed by atoms with van der Waals surface area (Å²) in [4.78, 5) is 4.53. The molecular weight excluding hydrogens is 248 g/mol. The van der Waals surface area contributed by atoms with Crippen molar-refractivity contribution in [3.63, 3.8) is 0 Å². The first-order chi connectivity index (χ1) is 9.71. The van der Waals surface area contributed by atoms with Gasteiger partial charge in [-0.05, 0) is 57.2 Å². The molecule has 1 saturated carbocycles. The first kappa shape index (κ1) is 15.5. The molecule has 20 heavy (non-hydrogen) atoms. The van der Waals surface area contributed by atoms with Crippen LogP contribution in [0.1, 0.15) is 44.4 Å². The quantitative estimate of drug-likeness (QED) is 0.792. The van der Waals surface area contributed by atoms with Crippen LogP contribution in [0, 0.1) is 12.8 Å². The van der Waals surface area contributed by atoms with Crippen LogP contribution in [0.15, 0.2) is 18.3 Å². The first-order valence-corrected chi connectivity index (χ1v) is 7.97. The van der Waals surface area contributed by atoms with Gasteiger partial charge in [0, 0.05) is 31.0 Å². The molecule has 112 valence electrons. The zero-order valence-electron chi connectivity index (χ0n) is 13.1. The molecule has 3 nitrogen and oxygen atoms in total. The Kier molecular flexibility index (Phi) is 5.99. The molecule has 1 aromatic heterocycles. The minimum atomic E-state index is 0.518. The topological polar surface area (TPSA) is 34.2 Å². The predicted octanol–water partition coefficient (Wildman–Crippen LogP) is 3.12. The lowest BCUT2D eigenvalue weighted by atomic mass is 9.77. The van der Waals surface area contributed by atoms with Gasteiger partial charge in [-0.2, -0.15) is 0 Å². The Balaban J connectivity index is 1.80. The van der Waals surface area contributed by atoms with E-state index in [1.165, 1.54) is 30.5 Å². The number of aryl methyl sites for hydroxylation is 1. The van der Waals surface area contributed by atoms with Crippen LogP contribution in [0.3, 0.4) is 0 Å². The molecule has 1 aliphatic rings. The fourth-order valence-corrected chi connectivity index (χ4v) is 3.04. The van der Waals surface area contributed by atoms with Crippen molar-refractivity contribution >= 4 is 0 Å². The van der Waals surface area contributed by atoms with Crippen LogP contribution in [-0.4, -0.2) is 30.3 Å². The Bertz CT molecular complexity index is 384. The third kappa shape index (κ3) is 4.57. The van der Waals surface area contributed by atoms with Crippen molar-refractivity contribution in [1.82, 2.24) is 10.3 Å². The van der Waals surface area contributed by atoms with Gasteiger partial charge < -0.3 is 10.1 Å². The molecule has 0 aromatic carbocycles. The van der Waals surface area contributed by atoms with Crippen LogP contribution in [0.4, 0.5) is 0 Å². The lowest BCUT2D eigenvalue weighted by Crippen LogP contribution is -2.39. The number of ether oxygens (including phenoxy) is 1. The van der Waals surface area contributed by atoms with Crippen molar-refractivity contribution < 1.29 is 4.74 Å². The molecule has 1 aliphatic carbocycles. The molecule has 2 rings (SSSR count). The monoisotopic (exact) mass is 276 g/mol. The van der Waals surface area contributed by atoms with E-state index in [-0.39, 0.29) is 0 Å². The number of hydrogen-bond donors (Lipinski definition) is 1. The smallest absolute Gasteiger partial charge is 0.0580 e. The lowest BCUT2D eigenvalue weighted by molar-refractivity contribution is -0.0290. The Labute approximate surface area is 123 Å². The number of pyridine rings is 1. The van der Waals surface area contributed by atoms with Gasteiger partial charge in [0.2, 0.25) is 0 Å². The Morgan fingerprint density at radius 2 is 2.15 bits per heavy atom. The molecule has 0 bridgehead atoms. The maximum atomic E-state index is 5.65. The van der Waals surface area contributed by atoms with E-state index in [1.807, 2.05) is 6.20 Å². The van der Waals surface area contributed by atoms with Gasteiger partial charge >= 0.3 is 0 Å². The van der Waals surface area contributed by atoms with E-state index < -0.39 is 0 Å². The minimum Gasteiger partial charge on any atom is -0.378 e. The van der Waals surface area contributed by atoms with Crippen LogP contribution in [0.2, 0.25) is 0 Å². The van der Waals surface area contributed by atoms with Crippen molar-refractivity contribution in [2.45, 2.75) is 58.6 Å². The average molecular weight is 276 g/mol. The fraction of sp³-hybridized carbons (Fsp3) is 0.706. The maximum Gasteiger partial charge on any atom is 0.0580 e. The van der Waals surface area contributed by atoms with Crippen LogP contribution < -0.4 is 5.32 Å². The number of nitrogens with one attached hydrogen (secondary N) is 1. The molecule has 1 fully saturated rings. The molecule has 3 heteroatoms. The summed E-state index contributed by atoms with van der Waals surface area (Å²) >= 11 is 0. The number of hydrogen-bond acceptors (Lipinski definition) is 3. The van der Waals surface area contributed by atoms with Crippen LogP contribution in [-0.2, 0) is 11.2 Å². The molecule has 1 unspecified atom stereocenters. The van der Waals surface area contributed by atoms with Gasteiger partial charge in [-0.3, -0.25) is 4.98 Å². The Hall–Kier alpha value is -0.930. The molecule has 0 saturated heterocycles. The summed E-state index contributed by atoms with van der Waals surface area (Å²) in [6.07, 6.45) is 7.22. The Morgan fingerprint density at radius 1 is 1.35 bits per heavy atom. The SMILES string of the molecule is CCNC(Cc1ccc(C)cn1)CC1CC(OCC)C1. The van der Waals surface area contributed by atoms with Gasteiger partial charge in [0.25, 0.3) is 0 Å². The summed E-state index contributed by atoms with van der Waals surface area (Å²) in [5, 5.41) is 3.61. The Morgan fingerprint density at radius 3 is 2.75 bits per heavy atom. The van der Waals surface area contributed by atoms with Crippen molar-refractivity contribution in [3.05, 3.63) is 29.6 Å².